The molecular formula is C9H15Cl2NO2. The molecular weight excluding hydrogens is 225 g/mol. The second-order valence-electron chi connectivity index (χ2n) is 4.05. The molecule has 0 heterocycles. The summed E-state index contributed by atoms with van der Waals surface area (Å²) in [6.45, 7) is 6.81. The number of carbonyl (C=O) groups is 2. The zero-order valence-corrected chi connectivity index (χ0v) is 10.3. The second kappa shape index (κ2) is 4.99. The van der Waals surface area contributed by atoms with Crippen molar-refractivity contribution in [3.05, 3.63) is 0 Å². The molecule has 1 atom stereocenters. The van der Waals surface area contributed by atoms with E-state index in [2.05, 4.69) is 0 Å². The van der Waals surface area contributed by atoms with Gasteiger partial charge in [-0.1, -0.05) is 27.7 Å². The predicted molar refractivity (Wildman–Crippen MR) is 57.1 cm³/mol. The lowest BCUT2D eigenvalue weighted by Gasteiger charge is -2.23. The Kier molecular flexibility index (Phi) is 4.89. The van der Waals surface area contributed by atoms with Crippen molar-refractivity contribution in [3.63, 3.8) is 0 Å². The van der Waals surface area contributed by atoms with Crippen LogP contribution in [0.3, 0.4) is 0 Å². The van der Waals surface area contributed by atoms with Crippen LogP contribution in [0.1, 0.15) is 34.1 Å². The van der Waals surface area contributed by atoms with E-state index >= 15 is 0 Å². The van der Waals surface area contributed by atoms with Crippen molar-refractivity contribution in [2.75, 3.05) is 0 Å². The summed E-state index contributed by atoms with van der Waals surface area (Å²) in [4.78, 5) is 22.9. The average Bonchev–Trinajstić information content (AvgIpc) is 2.11. The normalized spacial score (nSPS) is 13.6. The second-order valence-corrected chi connectivity index (χ2v) is 4.91. The van der Waals surface area contributed by atoms with Crippen molar-refractivity contribution < 1.29 is 9.59 Å². The largest absolute Gasteiger partial charge is 0.272 e. The summed E-state index contributed by atoms with van der Waals surface area (Å²) in [7, 11) is 0. The quantitative estimate of drug-likeness (QED) is 0.549. The molecule has 0 aromatic heterocycles. The number of halogens is 2. The highest BCUT2D eigenvalue weighted by Gasteiger charge is 2.32. The van der Waals surface area contributed by atoms with Crippen LogP contribution in [0.4, 0.5) is 0 Å². The number of hydrogen-bond acceptors (Lipinski definition) is 2. The summed E-state index contributed by atoms with van der Waals surface area (Å²) in [5.41, 5.74) is -0.679. The zero-order valence-electron chi connectivity index (χ0n) is 8.80. The first-order chi connectivity index (χ1) is 6.21. The van der Waals surface area contributed by atoms with Crippen molar-refractivity contribution in [2.45, 2.75) is 39.5 Å². The molecule has 0 aromatic rings. The number of alkyl halides is 1. The molecule has 0 fully saturated rings. The molecule has 0 N–H and O–H groups in total. The van der Waals surface area contributed by atoms with Crippen LogP contribution in [-0.4, -0.2) is 21.6 Å². The standard InChI is InChI=1S/C9H15Cl2NO2/c1-5-6(10)7(13)12(11)8(14)9(2,3)4/h6H,5H2,1-4H3. The van der Waals surface area contributed by atoms with E-state index < -0.39 is 22.6 Å². The average molecular weight is 240 g/mol. The van der Waals surface area contributed by atoms with E-state index in [9.17, 15) is 9.59 Å². The fourth-order valence-corrected chi connectivity index (χ4v) is 1.21. The Bertz CT molecular complexity index is 235. The van der Waals surface area contributed by atoms with E-state index in [1.54, 1.807) is 27.7 Å². The van der Waals surface area contributed by atoms with Crippen LogP contribution in [0.2, 0.25) is 0 Å². The van der Waals surface area contributed by atoms with Crippen molar-refractivity contribution in [1.82, 2.24) is 4.42 Å². The summed E-state index contributed by atoms with van der Waals surface area (Å²) in [6.07, 6.45) is 0.445. The third-order valence-electron chi connectivity index (χ3n) is 1.64. The van der Waals surface area contributed by atoms with E-state index in [1.165, 1.54) is 0 Å². The van der Waals surface area contributed by atoms with E-state index in [0.29, 0.717) is 10.8 Å². The van der Waals surface area contributed by atoms with Crippen molar-refractivity contribution in [2.24, 2.45) is 5.41 Å². The summed E-state index contributed by atoms with van der Waals surface area (Å²) < 4.78 is 0.584. The first-order valence-corrected chi connectivity index (χ1v) is 5.17. The maximum atomic E-state index is 11.5. The minimum atomic E-state index is -0.737. The molecule has 5 heteroatoms. The minimum Gasteiger partial charge on any atom is -0.272 e. The lowest BCUT2D eigenvalue weighted by Crippen LogP contribution is -2.40. The maximum absolute atomic E-state index is 11.5. The molecule has 1 unspecified atom stereocenters. The number of nitrogens with zero attached hydrogens (tertiary/aromatic N) is 1. The molecule has 0 radical (unpaired) electrons. The molecule has 0 saturated carbocycles. The van der Waals surface area contributed by atoms with Crippen LogP contribution in [0.5, 0.6) is 0 Å². The number of rotatable bonds is 2. The van der Waals surface area contributed by atoms with Gasteiger partial charge in [-0.25, -0.2) is 0 Å². The highest BCUT2D eigenvalue weighted by Crippen LogP contribution is 2.20. The fraction of sp³-hybridized carbons (Fsp3) is 0.778. The molecule has 0 aliphatic rings. The molecule has 3 nitrogen and oxygen atoms in total. The molecule has 0 rings (SSSR count). The van der Waals surface area contributed by atoms with Gasteiger partial charge < -0.3 is 0 Å². The molecule has 0 aliphatic carbocycles. The van der Waals surface area contributed by atoms with Crippen LogP contribution >= 0.6 is 23.4 Å². The Morgan fingerprint density at radius 3 is 2.07 bits per heavy atom. The maximum Gasteiger partial charge on any atom is 0.262 e. The number of amides is 2. The molecule has 0 spiro atoms. The fourth-order valence-electron chi connectivity index (χ4n) is 0.692. The van der Waals surface area contributed by atoms with Gasteiger partial charge in [0.1, 0.15) is 5.38 Å². The molecule has 14 heavy (non-hydrogen) atoms. The first kappa shape index (κ1) is 13.7. The Morgan fingerprint density at radius 1 is 1.36 bits per heavy atom. The van der Waals surface area contributed by atoms with Crippen molar-refractivity contribution in [1.29, 1.82) is 0 Å². The highest BCUT2D eigenvalue weighted by atomic mass is 35.5. The Hall–Kier alpha value is -0.280. The van der Waals surface area contributed by atoms with Gasteiger partial charge in [-0.05, 0) is 6.42 Å². The smallest absolute Gasteiger partial charge is 0.262 e. The van der Waals surface area contributed by atoms with Gasteiger partial charge in [0.15, 0.2) is 0 Å². The summed E-state index contributed by atoms with van der Waals surface area (Å²) >= 11 is 11.3. The molecule has 2 amide bonds. The summed E-state index contributed by atoms with van der Waals surface area (Å²) in [5, 5.41) is -0.737. The van der Waals surface area contributed by atoms with E-state index in [0.717, 1.165) is 0 Å². The van der Waals surface area contributed by atoms with E-state index in [4.69, 9.17) is 23.4 Å². The Balaban J connectivity index is 4.56. The van der Waals surface area contributed by atoms with Gasteiger partial charge in [0.05, 0.1) is 0 Å². The Labute approximate surface area is 94.5 Å². The van der Waals surface area contributed by atoms with Crippen LogP contribution in [-0.2, 0) is 9.59 Å². The third-order valence-corrected chi connectivity index (χ3v) is 2.46. The minimum absolute atomic E-state index is 0.441. The molecule has 0 aliphatic heterocycles. The molecule has 0 aromatic carbocycles. The SMILES string of the molecule is CCC(Cl)C(=O)N(Cl)C(=O)C(C)(C)C. The monoisotopic (exact) mass is 239 g/mol. The van der Waals surface area contributed by atoms with Crippen molar-refractivity contribution >= 4 is 35.2 Å². The molecule has 0 bridgehead atoms. The topological polar surface area (TPSA) is 37.4 Å². The van der Waals surface area contributed by atoms with Gasteiger partial charge in [0, 0.05) is 17.2 Å². The van der Waals surface area contributed by atoms with Gasteiger partial charge in [-0.15, -0.1) is 11.6 Å². The van der Waals surface area contributed by atoms with Gasteiger partial charge >= 0.3 is 0 Å². The number of hydrogen-bond donors (Lipinski definition) is 0. The number of imide groups is 1. The lowest BCUT2D eigenvalue weighted by molar-refractivity contribution is -0.143. The van der Waals surface area contributed by atoms with Gasteiger partial charge in [0.2, 0.25) is 5.91 Å². The third kappa shape index (κ3) is 3.46. The van der Waals surface area contributed by atoms with Crippen LogP contribution in [0, 0.1) is 5.41 Å². The lowest BCUT2D eigenvalue weighted by atomic mass is 9.95. The zero-order chi connectivity index (χ0) is 11.5. The van der Waals surface area contributed by atoms with Gasteiger partial charge in [0.25, 0.3) is 5.91 Å². The van der Waals surface area contributed by atoms with Gasteiger partial charge in [-0.3, -0.25) is 9.59 Å². The number of carbonyl (C=O) groups excluding carboxylic acids is 2. The van der Waals surface area contributed by atoms with Crippen LogP contribution in [0.25, 0.3) is 0 Å². The Morgan fingerprint density at radius 2 is 1.79 bits per heavy atom. The summed E-state index contributed by atoms with van der Waals surface area (Å²) in [6, 6.07) is 0. The van der Waals surface area contributed by atoms with Gasteiger partial charge in [-0.2, -0.15) is 4.42 Å². The predicted octanol–water partition coefficient (Wildman–Crippen LogP) is 2.56. The first-order valence-electron chi connectivity index (χ1n) is 4.40. The molecule has 0 saturated heterocycles. The van der Waals surface area contributed by atoms with E-state index in [-0.39, 0.29) is 0 Å². The highest BCUT2D eigenvalue weighted by molar-refractivity contribution is 6.38. The van der Waals surface area contributed by atoms with Crippen LogP contribution < -0.4 is 0 Å². The molecule has 82 valence electrons. The van der Waals surface area contributed by atoms with Crippen molar-refractivity contribution in [3.8, 4) is 0 Å². The summed E-state index contributed by atoms with van der Waals surface area (Å²) in [5.74, 6) is -1.00. The van der Waals surface area contributed by atoms with Crippen LogP contribution in [0.15, 0.2) is 0 Å². The van der Waals surface area contributed by atoms with E-state index in [1.807, 2.05) is 0 Å².